The molecule has 2 heterocycles. The second kappa shape index (κ2) is 6.20. The van der Waals surface area contributed by atoms with Gasteiger partial charge in [0.05, 0.1) is 5.56 Å². The van der Waals surface area contributed by atoms with E-state index >= 15 is 0 Å². The number of piperidine rings is 1. The molecule has 1 N–H and O–H groups in total. The van der Waals surface area contributed by atoms with Crippen molar-refractivity contribution in [1.82, 2.24) is 15.3 Å². The molecule has 0 unspecified atom stereocenters. The van der Waals surface area contributed by atoms with Crippen LogP contribution in [0.3, 0.4) is 0 Å². The molecule has 1 aromatic rings. The molecule has 0 aromatic carbocycles. The molecule has 0 atom stereocenters. The van der Waals surface area contributed by atoms with Crippen molar-refractivity contribution in [3.63, 3.8) is 0 Å². The molecule has 1 saturated carbocycles. The quantitative estimate of drug-likeness (QED) is 0.917. The summed E-state index contributed by atoms with van der Waals surface area (Å²) < 4.78 is 0. The number of rotatable bonds is 3. The van der Waals surface area contributed by atoms with Gasteiger partial charge in [-0.1, -0.05) is 12.8 Å². The van der Waals surface area contributed by atoms with Crippen LogP contribution in [0.5, 0.6) is 0 Å². The summed E-state index contributed by atoms with van der Waals surface area (Å²) in [6.45, 7) is 2.04. The Morgan fingerprint density at radius 1 is 1.05 bits per heavy atom. The Labute approximate surface area is 119 Å². The van der Waals surface area contributed by atoms with Crippen molar-refractivity contribution in [2.75, 3.05) is 18.0 Å². The molecule has 1 amide bonds. The van der Waals surface area contributed by atoms with Crippen LogP contribution in [-0.2, 0) is 0 Å². The first-order valence-corrected chi connectivity index (χ1v) is 7.71. The van der Waals surface area contributed by atoms with E-state index in [0.29, 0.717) is 11.6 Å². The van der Waals surface area contributed by atoms with Gasteiger partial charge in [0.15, 0.2) is 0 Å². The van der Waals surface area contributed by atoms with Crippen molar-refractivity contribution in [1.29, 1.82) is 0 Å². The number of nitrogens with zero attached hydrogens (tertiary/aromatic N) is 3. The van der Waals surface area contributed by atoms with Crippen molar-refractivity contribution in [3.8, 4) is 0 Å². The highest BCUT2D eigenvalue weighted by Gasteiger charge is 2.19. The first-order valence-electron chi connectivity index (χ1n) is 7.71. The first-order chi connectivity index (χ1) is 9.83. The monoisotopic (exact) mass is 274 g/mol. The average molecular weight is 274 g/mol. The van der Waals surface area contributed by atoms with Gasteiger partial charge in [0.25, 0.3) is 5.91 Å². The number of anilines is 1. The molecule has 1 aromatic heterocycles. The van der Waals surface area contributed by atoms with Gasteiger partial charge >= 0.3 is 0 Å². The van der Waals surface area contributed by atoms with Gasteiger partial charge in [-0.25, -0.2) is 9.97 Å². The van der Waals surface area contributed by atoms with Crippen molar-refractivity contribution in [2.24, 2.45) is 0 Å². The molecule has 3 rings (SSSR count). The van der Waals surface area contributed by atoms with Gasteiger partial charge < -0.3 is 10.2 Å². The molecule has 0 spiro atoms. The summed E-state index contributed by atoms with van der Waals surface area (Å²) in [4.78, 5) is 23.0. The Balaban J connectivity index is 1.61. The lowest BCUT2D eigenvalue weighted by Gasteiger charge is -2.26. The molecule has 20 heavy (non-hydrogen) atoms. The Bertz CT molecular complexity index is 447. The maximum Gasteiger partial charge on any atom is 0.254 e. The van der Waals surface area contributed by atoms with Crippen molar-refractivity contribution in [3.05, 3.63) is 18.0 Å². The predicted molar refractivity (Wildman–Crippen MR) is 77.8 cm³/mol. The van der Waals surface area contributed by atoms with Gasteiger partial charge in [0, 0.05) is 31.5 Å². The molecule has 0 bridgehead atoms. The van der Waals surface area contributed by atoms with E-state index in [9.17, 15) is 4.79 Å². The summed E-state index contributed by atoms with van der Waals surface area (Å²) in [5, 5.41) is 3.06. The van der Waals surface area contributed by atoms with E-state index in [1.807, 2.05) is 0 Å². The maximum atomic E-state index is 12.1. The van der Waals surface area contributed by atoms with E-state index in [-0.39, 0.29) is 5.91 Å². The number of hydrogen-bond acceptors (Lipinski definition) is 4. The zero-order chi connectivity index (χ0) is 13.8. The van der Waals surface area contributed by atoms with Crippen LogP contribution in [0, 0.1) is 0 Å². The van der Waals surface area contributed by atoms with Crippen LogP contribution in [0.25, 0.3) is 0 Å². The van der Waals surface area contributed by atoms with Crippen LogP contribution in [0.4, 0.5) is 5.95 Å². The van der Waals surface area contributed by atoms with Gasteiger partial charge in [0.2, 0.25) is 5.95 Å². The van der Waals surface area contributed by atoms with Crippen LogP contribution in [0.2, 0.25) is 0 Å². The molecule has 108 valence electrons. The van der Waals surface area contributed by atoms with Gasteiger partial charge in [-0.05, 0) is 32.1 Å². The minimum atomic E-state index is -0.0397. The normalized spacial score (nSPS) is 20.1. The number of carbonyl (C=O) groups is 1. The summed E-state index contributed by atoms with van der Waals surface area (Å²) >= 11 is 0. The molecule has 1 saturated heterocycles. The fourth-order valence-electron chi connectivity index (χ4n) is 3.03. The van der Waals surface area contributed by atoms with E-state index in [1.54, 1.807) is 12.4 Å². The van der Waals surface area contributed by atoms with E-state index < -0.39 is 0 Å². The van der Waals surface area contributed by atoms with Crippen LogP contribution < -0.4 is 10.2 Å². The lowest BCUT2D eigenvalue weighted by molar-refractivity contribution is 0.0937. The van der Waals surface area contributed by atoms with Gasteiger partial charge in [-0.3, -0.25) is 4.79 Å². The Kier molecular flexibility index (Phi) is 4.14. The lowest BCUT2D eigenvalue weighted by Crippen LogP contribution is -2.33. The third-order valence-corrected chi connectivity index (χ3v) is 4.23. The van der Waals surface area contributed by atoms with Crippen LogP contribution in [0.15, 0.2) is 12.4 Å². The summed E-state index contributed by atoms with van der Waals surface area (Å²) in [5.74, 6) is 0.712. The van der Waals surface area contributed by atoms with E-state index in [2.05, 4.69) is 20.2 Å². The summed E-state index contributed by atoms with van der Waals surface area (Å²) in [7, 11) is 0. The second-order valence-electron chi connectivity index (χ2n) is 5.77. The van der Waals surface area contributed by atoms with E-state index in [0.717, 1.165) is 31.9 Å². The molecule has 5 nitrogen and oxygen atoms in total. The number of carbonyl (C=O) groups excluding carboxylic acids is 1. The van der Waals surface area contributed by atoms with E-state index in [1.165, 1.54) is 32.1 Å². The average Bonchev–Trinajstić information content (AvgIpc) is 3.01. The smallest absolute Gasteiger partial charge is 0.254 e. The number of aromatic nitrogens is 2. The minimum absolute atomic E-state index is 0.0397. The van der Waals surface area contributed by atoms with E-state index in [4.69, 9.17) is 0 Å². The fourth-order valence-corrected chi connectivity index (χ4v) is 3.03. The van der Waals surface area contributed by atoms with Crippen LogP contribution in [-0.4, -0.2) is 35.0 Å². The summed E-state index contributed by atoms with van der Waals surface area (Å²) in [5.41, 5.74) is 0.567. The Morgan fingerprint density at radius 2 is 1.70 bits per heavy atom. The Hall–Kier alpha value is -1.65. The zero-order valence-electron chi connectivity index (χ0n) is 11.8. The topological polar surface area (TPSA) is 58.1 Å². The highest BCUT2D eigenvalue weighted by Crippen LogP contribution is 2.18. The predicted octanol–water partition coefficient (Wildman–Crippen LogP) is 2.14. The molecular weight excluding hydrogens is 252 g/mol. The lowest BCUT2D eigenvalue weighted by atomic mass is 10.1. The van der Waals surface area contributed by atoms with Crippen molar-refractivity contribution >= 4 is 11.9 Å². The van der Waals surface area contributed by atoms with Gasteiger partial charge in [-0.15, -0.1) is 0 Å². The third-order valence-electron chi connectivity index (χ3n) is 4.23. The van der Waals surface area contributed by atoms with Gasteiger partial charge in [-0.2, -0.15) is 0 Å². The Morgan fingerprint density at radius 3 is 2.35 bits per heavy atom. The van der Waals surface area contributed by atoms with Crippen LogP contribution >= 0.6 is 0 Å². The van der Waals surface area contributed by atoms with Gasteiger partial charge in [0.1, 0.15) is 0 Å². The fraction of sp³-hybridized carbons (Fsp3) is 0.667. The summed E-state index contributed by atoms with van der Waals surface area (Å²) in [6, 6.07) is 0.337. The highest BCUT2D eigenvalue weighted by molar-refractivity contribution is 5.93. The van der Waals surface area contributed by atoms with Crippen LogP contribution in [0.1, 0.15) is 55.3 Å². The third kappa shape index (κ3) is 3.08. The molecule has 1 aliphatic carbocycles. The number of amides is 1. The molecule has 2 aliphatic rings. The molecule has 0 radical (unpaired) electrons. The zero-order valence-corrected chi connectivity index (χ0v) is 11.8. The SMILES string of the molecule is O=C(NC1CCCC1)c1cnc(N2CCCCC2)nc1. The molecule has 5 heteroatoms. The highest BCUT2D eigenvalue weighted by atomic mass is 16.1. The molecule has 2 fully saturated rings. The molecular formula is C15H22N4O. The van der Waals surface area contributed by atoms with Crippen molar-refractivity contribution < 1.29 is 4.79 Å². The largest absolute Gasteiger partial charge is 0.349 e. The number of hydrogen-bond donors (Lipinski definition) is 1. The molecule has 1 aliphatic heterocycles. The second-order valence-corrected chi connectivity index (χ2v) is 5.77. The maximum absolute atomic E-state index is 12.1. The minimum Gasteiger partial charge on any atom is -0.349 e. The summed E-state index contributed by atoms with van der Waals surface area (Å²) in [6.07, 6.45) is 11.6. The first kappa shape index (κ1) is 13.3. The van der Waals surface area contributed by atoms with Crippen molar-refractivity contribution in [2.45, 2.75) is 51.0 Å². The standard InChI is InChI=1S/C15H22N4O/c20-14(18-13-6-2-3-7-13)12-10-16-15(17-11-12)19-8-4-1-5-9-19/h10-11,13H,1-9H2,(H,18,20). The number of nitrogens with one attached hydrogen (secondary N) is 1.